The molecule has 5 nitrogen and oxygen atoms in total. The van der Waals surface area contributed by atoms with Gasteiger partial charge in [-0.15, -0.1) is 0 Å². The number of Topliss-reactive ketones (excluding diaryl/α,β-unsaturated/α-hetero) is 1. The highest BCUT2D eigenvalue weighted by Crippen LogP contribution is 2.27. The van der Waals surface area contributed by atoms with Gasteiger partial charge in [0.1, 0.15) is 5.82 Å². The van der Waals surface area contributed by atoms with Gasteiger partial charge in [-0.3, -0.25) is 14.9 Å². The van der Waals surface area contributed by atoms with E-state index in [0.29, 0.717) is 5.56 Å². The topological polar surface area (TPSA) is 69.4 Å². The Morgan fingerprint density at radius 3 is 2.71 bits per heavy atom. The molecule has 108 valence electrons. The monoisotopic (exact) mass is 353 g/mol. The summed E-state index contributed by atoms with van der Waals surface area (Å²) in [6.07, 6.45) is 0. The third-order valence-corrected chi connectivity index (χ3v) is 3.12. The maximum atomic E-state index is 13.1. The first-order valence-corrected chi connectivity index (χ1v) is 6.62. The lowest BCUT2D eigenvalue weighted by Crippen LogP contribution is -2.12. The Morgan fingerprint density at radius 1 is 1.29 bits per heavy atom. The molecule has 2 aromatic carbocycles. The maximum Gasteiger partial charge on any atom is 0.311 e. The molecule has 0 spiro atoms. The molecule has 0 saturated heterocycles. The van der Waals surface area contributed by atoms with Crippen LogP contribution in [0.5, 0.6) is 5.75 Å². The van der Waals surface area contributed by atoms with Gasteiger partial charge in [-0.05, 0) is 18.2 Å². The van der Waals surface area contributed by atoms with Crippen LogP contribution >= 0.6 is 15.9 Å². The van der Waals surface area contributed by atoms with Gasteiger partial charge in [0.25, 0.3) is 0 Å². The van der Waals surface area contributed by atoms with Gasteiger partial charge in [-0.2, -0.15) is 0 Å². The molecule has 0 unspecified atom stereocenters. The van der Waals surface area contributed by atoms with Crippen LogP contribution in [0.1, 0.15) is 10.4 Å². The first-order chi connectivity index (χ1) is 9.97. The number of hydrogen-bond donors (Lipinski definition) is 0. The SMILES string of the molecule is O=C(COc1cc(F)ccc1[N+](=O)[O-])c1cccc(Br)c1. The number of ether oxygens (including phenoxy) is 1. The van der Waals surface area contributed by atoms with Gasteiger partial charge in [-0.25, -0.2) is 4.39 Å². The van der Waals surface area contributed by atoms with Gasteiger partial charge in [0, 0.05) is 22.2 Å². The summed E-state index contributed by atoms with van der Waals surface area (Å²) in [7, 11) is 0. The Hall–Kier alpha value is -2.28. The van der Waals surface area contributed by atoms with E-state index in [-0.39, 0.29) is 11.5 Å². The quantitative estimate of drug-likeness (QED) is 0.466. The number of ketones is 1. The van der Waals surface area contributed by atoms with Gasteiger partial charge >= 0.3 is 5.69 Å². The van der Waals surface area contributed by atoms with Crippen molar-refractivity contribution in [2.75, 3.05) is 6.61 Å². The Bertz CT molecular complexity index is 705. The molecule has 2 rings (SSSR count). The predicted molar refractivity (Wildman–Crippen MR) is 77.0 cm³/mol. The molecule has 0 amide bonds. The van der Waals surface area contributed by atoms with E-state index in [1.54, 1.807) is 24.3 Å². The number of nitro groups is 1. The Balaban J connectivity index is 2.14. The van der Waals surface area contributed by atoms with E-state index in [1.165, 1.54) is 0 Å². The van der Waals surface area contributed by atoms with Crippen molar-refractivity contribution in [2.24, 2.45) is 0 Å². The first-order valence-electron chi connectivity index (χ1n) is 5.83. The van der Waals surface area contributed by atoms with Gasteiger partial charge in [0.2, 0.25) is 0 Å². The second kappa shape index (κ2) is 6.45. The van der Waals surface area contributed by atoms with Gasteiger partial charge < -0.3 is 4.74 Å². The van der Waals surface area contributed by atoms with Crippen molar-refractivity contribution in [3.63, 3.8) is 0 Å². The maximum absolute atomic E-state index is 13.1. The zero-order valence-corrected chi connectivity index (χ0v) is 12.2. The van der Waals surface area contributed by atoms with Crippen molar-refractivity contribution in [1.29, 1.82) is 0 Å². The second-order valence-electron chi connectivity index (χ2n) is 4.09. The van der Waals surface area contributed by atoms with Gasteiger partial charge in [0.15, 0.2) is 18.1 Å². The van der Waals surface area contributed by atoms with Crippen LogP contribution in [-0.4, -0.2) is 17.3 Å². The van der Waals surface area contributed by atoms with Crippen molar-refractivity contribution < 1.29 is 18.8 Å². The summed E-state index contributed by atoms with van der Waals surface area (Å²) in [5.74, 6) is -1.32. The number of halogens is 2. The molecule has 0 bridgehead atoms. The summed E-state index contributed by atoms with van der Waals surface area (Å²) >= 11 is 3.23. The molecule has 0 heterocycles. The van der Waals surface area contributed by atoms with Crippen LogP contribution in [0.3, 0.4) is 0 Å². The summed E-state index contributed by atoms with van der Waals surface area (Å²) < 4.78 is 18.9. The molecule has 21 heavy (non-hydrogen) atoms. The fourth-order valence-corrected chi connectivity index (χ4v) is 2.04. The minimum Gasteiger partial charge on any atom is -0.478 e. The van der Waals surface area contributed by atoms with Crippen molar-refractivity contribution in [3.05, 3.63) is 68.4 Å². The zero-order chi connectivity index (χ0) is 15.4. The highest BCUT2D eigenvalue weighted by atomic mass is 79.9. The molecule has 0 radical (unpaired) electrons. The van der Waals surface area contributed by atoms with Crippen molar-refractivity contribution in [1.82, 2.24) is 0 Å². The lowest BCUT2D eigenvalue weighted by molar-refractivity contribution is -0.385. The fraction of sp³-hybridized carbons (Fsp3) is 0.0714. The summed E-state index contributed by atoms with van der Waals surface area (Å²) in [5.41, 5.74) is 0.00173. The Kier molecular flexibility index (Phi) is 4.64. The molecule has 0 N–H and O–H groups in total. The summed E-state index contributed by atoms with van der Waals surface area (Å²) in [6, 6.07) is 9.47. The highest BCUT2D eigenvalue weighted by Gasteiger charge is 2.17. The lowest BCUT2D eigenvalue weighted by Gasteiger charge is -2.06. The normalized spacial score (nSPS) is 10.2. The van der Waals surface area contributed by atoms with E-state index in [9.17, 15) is 19.3 Å². The molecule has 7 heteroatoms. The molecule has 0 aliphatic rings. The lowest BCUT2D eigenvalue weighted by atomic mass is 10.1. The molecular formula is C14H9BrFNO4. The van der Waals surface area contributed by atoms with Crippen LogP contribution in [0.2, 0.25) is 0 Å². The molecule has 0 aromatic heterocycles. The summed E-state index contributed by atoms with van der Waals surface area (Å²) in [6.45, 7) is -0.416. The number of nitrogens with zero attached hydrogens (tertiary/aromatic N) is 1. The van der Waals surface area contributed by atoms with E-state index in [0.717, 1.165) is 22.7 Å². The van der Waals surface area contributed by atoms with Gasteiger partial charge in [-0.1, -0.05) is 28.1 Å². The smallest absolute Gasteiger partial charge is 0.311 e. The van der Waals surface area contributed by atoms with Crippen LogP contribution in [0.15, 0.2) is 46.9 Å². The molecule has 0 aliphatic carbocycles. The van der Waals surface area contributed by atoms with Crippen LogP contribution in [0.25, 0.3) is 0 Å². The van der Waals surface area contributed by atoms with E-state index in [2.05, 4.69) is 15.9 Å². The number of carbonyl (C=O) groups excluding carboxylic acids is 1. The predicted octanol–water partition coefficient (Wildman–Crippen LogP) is 3.76. The van der Waals surface area contributed by atoms with E-state index in [4.69, 9.17) is 4.74 Å². The number of benzene rings is 2. The van der Waals surface area contributed by atoms with Crippen molar-refractivity contribution >= 4 is 27.4 Å². The molecule has 0 saturated carbocycles. The Morgan fingerprint density at radius 2 is 2.05 bits per heavy atom. The highest BCUT2D eigenvalue weighted by molar-refractivity contribution is 9.10. The molecular weight excluding hydrogens is 345 g/mol. The number of nitro benzene ring substituents is 1. The van der Waals surface area contributed by atoms with Crippen molar-refractivity contribution in [3.8, 4) is 5.75 Å². The van der Waals surface area contributed by atoms with E-state index < -0.39 is 23.0 Å². The van der Waals surface area contributed by atoms with E-state index >= 15 is 0 Å². The molecule has 2 aromatic rings. The zero-order valence-electron chi connectivity index (χ0n) is 10.6. The first kappa shape index (κ1) is 15.1. The van der Waals surface area contributed by atoms with Crippen molar-refractivity contribution in [2.45, 2.75) is 0 Å². The minimum atomic E-state index is -0.696. The van der Waals surface area contributed by atoms with Crippen LogP contribution < -0.4 is 4.74 Å². The number of hydrogen-bond acceptors (Lipinski definition) is 4. The summed E-state index contributed by atoms with van der Waals surface area (Å²) in [5, 5.41) is 10.8. The average Bonchev–Trinajstić information content (AvgIpc) is 2.44. The van der Waals surface area contributed by atoms with Crippen LogP contribution in [0.4, 0.5) is 10.1 Å². The third-order valence-electron chi connectivity index (χ3n) is 2.62. The molecule has 0 atom stereocenters. The molecule has 0 aliphatic heterocycles. The van der Waals surface area contributed by atoms with E-state index in [1.807, 2.05) is 0 Å². The van der Waals surface area contributed by atoms with Gasteiger partial charge in [0.05, 0.1) is 4.92 Å². The average molecular weight is 354 g/mol. The number of carbonyl (C=O) groups is 1. The largest absolute Gasteiger partial charge is 0.478 e. The number of rotatable bonds is 5. The third kappa shape index (κ3) is 3.85. The Labute approximate surface area is 127 Å². The van der Waals surface area contributed by atoms with Crippen LogP contribution in [0, 0.1) is 15.9 Å². The van der Waals surface area contributed by atoms with Crippen LogP contribution in [-0.2, 0) is 0 Å². The summed E-state index contributed by atoms with van der Waals surface area (Å²) in [4.78, 5) is 22.0. The minimum absolute atomic E-state index is 0.275. The second-order valence-corrected chi connectivity index (χ2v) is 5.01. The fourth-order valence-electron chi connectivity index (χ4n) is 1.64. The molecule has 0 fully saturated rings. The standard InChI is InChI=1S/C14H9BrFNO4/c15-10-3-1-2-9(6-10)13(18)8-21-14-7-11(16)4-5-12(14)17(19)20/h1-7H,8H2.